The molecule has 4 rings (SSSR count). The number of aromatic nitrogens is 2. The molecule has 1 fully saturated rings. The third-order valence-corrected chi connectivity index (χ3v) is 6.41. The van der Waals surface area contributed by atoms with Crippen LogP contribution in [0, 0.1) is 5.92 Å². The molecule has 0 spiro atoms. The molecule has 1 unspecified atom stereocenters. The van der Waals surface area contributed by atoms with Gasteiger partial charge in [0.05, 0.1) is 16.5 Å². The topological polar surface area (TPSA) is 113 Å². The first-order valence-corrected chi connectivity index (χ1v) is 11.8. The van der Waals surface area contributed by atoms with Gasteiger partial charge < -0.3 is 21.3 Å². The number of pyridine rings is 2. The van der Waals surface area contributed by atoms with Gasteiger partial charge in [-0.3, -0.25) is 9.59 Å². The molecule has 2 aromatic heterocycles. The molecule has 9 heteroatoms. The van der Waals surface area contributed by atoms with Crippen LogP contribution in [0.2, 0.25) is 5.02 Å². The van der Waals surface area contributed by atoms with Crippen molar-refractivity contribution in [2.75, 3.05) is 24.1 Å². The number of nitrogen functional groups attached to an aromatic ring is 1. The first-order valence-electron chi connectivity index (χ1n) is 11.4. The number of fused-ring (bicyclic) bond motifs is 1. The Bertz CT molecular complexity index is 1220. The third-order valence-electron chi connectivity index (χ3n) is 6.21. The number of hydrogen-bond donors (Lipinski definition) is 3. The predicted molar refractivity (Wildman–Crippen MR) is 135 cm³/mol. The second-order valence-electron chi connectivity index (χ2n) is 8.90. The van der Waals surface area contributed by atoms with Crippen LogP contribution >= 0.6 is 11.6 Å². The Labute approximate surface area is 203 Å². The number of rotatable bonds is 6. The van der Waals surface area contributed by atoms with Crippen molar-refractivity contribution < 1.29 is 9.59 Å². The Morgan fingerprint density at radius 2 is 2.06 bits per heavy atom. The van der Waals surface area contributed by atoms with Gasteiger partial charge in [0.15, 0.2) is 0 Å². The van der Waals surface area contributed by atoms with Gasteiger partial charge in [0.25, 0.3) is 5.91 Å². The van der Waals surface area contributed by atoms with Crippen molar-refractivity contribution in [3.63, 3.8) is 0 Å². The summed E-state index contributed by atoms with van der Waals surface area (Å²) in [6.45, 7) is 6.24. The predicted octanol–water partition coefficient (Wildman–Crippen LogP) is 3.85. The normalized spacial score (nSPS) is 16.5. The zero-order chi connectivity index (χ0) is 24.2. The molecule has 0 radical (unpaired) electrons. The lowest BCUT2D eigenvalue weighted by Gasteiger charge is -2.34. The number of anilines is 2. The summed E-state index contributed by atoms with van der Waals surface area (Å²) in [5.74, 6) is 0.0324. The van der Waals surface area contributed by atoms with E-state index in [4.69, 9.17) is 17.3 Å². The number of carbonyl (C=O) groups excluding carboxylic acids is 2. The van der Waals surface area contributed by atoms with Gasteiger partial charge in [-0.25, -0.2) is 9.97 Å². The lowest BCUT2D eigenvalue weighted by molar-refractivity contribution is -0.121. The van der Waals surface area contributed by atoms with Gasteiger partial charge in [-0.05, 0) is 62.4 Å². The quantitative estimate of drug-likeness (QED) is 0.493. The molecule has 8 nitrogen and oxygen atoms in total. The van der Waals surface area contributed by atoms with Gasteiger partial charge in [0.2, 0.25) is 5.91 Å². The van der Waals surface area contributed by atoms with Crippen LogP contribution in [0.15, 0.2) is 42.7 Å². The van der Waals surface area contributed by atoms with E-state index in [-0.39, 0.29) is 29.1 Å². The van der Waals surface area contributed by atoms with E-state index in [1.165, 1.54) is 12.3 Å². The first-order chi connectivity index (χ1) is 16.3. The van der Waals surface area contributed by atoms with Crippen LogP contribution in [0.25, 0.3) is 10.8 Å². The highest BCUT2D eigenvalue weighted by Crippen LogP contribution is 2.23. The zero-order valence-corrected chi connectivity index (χ0v) is 20.1. The minimum atomic E-state index is -0.368. The average molecular weight is 481 g/mol. The SMILES string of the molecule is CC(C)N1CCCC(C(=O)Nc2ncc(Cl)cc2C(=O)NCc2ccc3c(N)nccc3c2)C1. The molecule has 34 heavy (non-hydrogen) atoms. The van der Waals surface area contributed by atoms with Crippen LogP contribution in [-0.4, -0.2) is 45.8 Å². The van der Waals surface area contributed by atoms with Crippen molar-refractivity contribution in [1.82, 2.24) is 20.2 Å². The van der Waals surface area contributed by atoms with Crippen molar-refractivity contribution in [2.45, 2.75) is 39.3 Å². The van der Waals surface area contributed by atoms with Crippen molar-refractivity contribution in [2.24, 2.45) is 5.92 Å². The molecule has 0 aliphatic carbocycles. The summed E-state index contributed by atoms with van der Waals surface area (Å²) in [7, 11) is 0. The van der Waals surface area contributed by atoms with E-state index in [1.807, 2.05) is 24.3 Å². The number of nitrogens with one attached hydrogen (secondary N) is 2. The van der Waals surface area contributed by atoms with Gasteiger partial charge >= 0.3 is 0 Å². The van der Waals surface area contributed by atoms with Crippen molar-refractivity contribution >= 4 is 45.8 Å². The molecule has 0 bridgehead atoms. The smallest absolute Gasteiger partial charge is 0.255 e. The van der Waals surface area contributed by atoms with Crippen LogP contribution in [0.4, 0.5) is 11.6 Å². The maximum Gasteiger partial charge on any atom is 0.255 e. The van der Waals surface area contributed by atoms with Crippen LogP contribution in [0.5, 0.6) is 0 Å². The Hall–Kier alpha value is -3.23. The second-order valence-corrected chi connectivity index (χ2v) is 9.34. The van der Waals surface area contributed by atoms with Crippen molar-refractivity contribution in [3.05, 3.63) is 58.9 Å². The van der Waals surface area contributed by atoms with E-state index in [0.717, 1.165) is 35.7 Å². The Morgan fingerprint density at radius 3 is 2.85 bits per heavy atom. The van der Waals surface area contributed by atoms with Crippen molar-refractivity contribution in [1.29, 1.82) is 0 Å². The summed E-state index contributed by atoms with van der Waals surface area (Å²) in [6.07, 6.45) is 4.85. The molecule has 2 amide bonds. The highest BCUT2D eigenvalue weighted by atomic mass is 35.5. The molecule has 1 aliphatic heterocycles. The summed E-state index contributed by atoms with van der Waals surface area (Å²) < 4.78 is 0. The second kappa shape index (κ2) is 10.4. The maximum absolute atomic E-state index is 13.0. The molecule has 3 heterocycles. The van der Waals surface area contributed by atoms with Gasteiger partial charge in [0.1, 0.15) is 11.6 Å². The molecule has 4 N–H and O–H groups in total. The summed E-state index contributed by atoms with van der Waals surface area (Å²) >= 11 is 6.12. The number of halogens is 1. The minimum Gasteiger partial charge on any atom is -0.383 e. The van der Waals surface area contributed by atoms with Gasteiger partial charge in [-0.15, -0.1) is 0 Å². The molecule has 178 valence electrons. The van der Waals surface area contributed by atoms with E-state index in [1.54, 1.807) is 6.20 Å². The molecule has 1 aliphatic rings. The Balaban J connectivity index is 1.46. The standard InChI is InChI=1S/C25H29ClN6O2/c1-15(2)32-9-3-4-18(14-32)24(33)31-23-21(11-19(26)13-29-23)25(34)30-12-16-5-6-20-17(10-16)7-8-28-22(20)27/h5-8,10-11,13,15,18H,3-4,9,12,14H2,1-2H3,(H2,27,28)(H,30,34)(H,29,31,33). The van der Waals surface area contributed by atoms with E-state index in [0.29, 0.717) is 30.0 Å². The van der Waals surface area contributed by atoms with E-state index in [2.05, 4.69) is 39.3 Å². The summed E-state index contributed by atoms with van der Waals surface area (Å²) in [5, 5.41) is 7.88. The molecule has 1 aromatic carbocycles. The lowest BCUT2D eigenvalue weighted by atomic mass is 9.96. The highest BCUT2D eigenvalue weighted by Gasteiger charge is 2.28. The summed E-state index contributed by atoms with van der Waals surface area (Å²) in [5.41, 5.74) is 7.05. The zero-order valence-electron chi connectivity index (χ0n) is 19.3. The number of nitrogens with zero attached hydrogens (tertiary/aromatic N) is 3. The highest BCUT2D eigenvalue weighted by molar-refractivity contribution is 6.31. The fourth-order valence-electron chi connectivity index (χ4n) is 4.26. The van der Waals surface area contributed by atoms with Gasteiger partial charge in [0, 0.05) is 36.9 Å². The Morgan fingerprint density at radius 1 is 1.24 bits per heavy atom. The van der Waals surface area contributed by atoms with Crippen molar-refractivity contribution in [3.8, 4) is 0 Å². The average Bonchev–Trinajstić information content (AvgIpc) is 2.83. The third kappa shape index (κ3) is 5.46. The van der Waals surface area contributed by atoms with Crippen LogP contribution < -0.4 is 16.4 Å². The number of nitrogens with two attached hydrogens (primary N) is 1. The number of piperidine rings is 1. The number of likely N-dealkylation sites (tertiary alicyclic amines) is 1. The molecule has 0 saturated carbocycles. The molecule has 1 saturated heterocycles. The number of amides is 2. The van der Waals surface area contributed by atoms with E-state index < -0.39 is 0 Å². The van der Waals surface area contributed by atoms with E-state index in [9.17, 15) is 9.59 Å². The monoisotopic (exact) mass is 480 g/mol. The maximum atomic E-state index is 13.0. The number of hydrogen-bond acceptors (Lipinski definition) is 6. The molecular weight excluding hydrogens is 452 g/mol. The minimum absolute atomic E-state index is 0.130. The van der Waals surface area contributed by atoms with Gasteiger partial charge in [-0.2, -0.15) is 0 Å². The fourth-order valence-corrected chi connectivity index (χ4v) is 4.42. The first kappa shape index (κ1) is 23.9. The van der Waals surface area contributed by atoms with Crippen LogP contribution in [0.1, 0.15) is 42.6 Å². The largest absolute Gasteiger partial charge is 0.383 e. The van der Waals surface area contributed by atoms with Crippen LogP contribution in [0.3, 0.4) is 0 Å². The molecular formula is C25H29ClN6O2. The van der Waals surface area contributed by atoms with Crippen LogP contribution in [-0.2, 0) is 11.3 Å². The fraction of sp³-hybridized carbons (Fsp3) is 0.360. The number of benzene rings is 1. The molecule has 1 atom stereocenters. The summed E-state index contributed by atoms with van der Waals surface area (Å²) in [6, 6.07) is 9.51. The van der Waals surface area contributed by atoms with E-state index >= 15 is 0 Å². The Kier molecular flexibility index (Phi) is 7.29. The van der Waals surface area contributed by atoms with Gasteiger partial charge in [-0.1, -0.05) is 23.7 Å². The number of carbonyl (C=O) groups is 2. The molecule has 3 aromatic rings. The lowest BCUT2D eigenvalue weighted by Crippen LogP contribution is -2.44. The summed E-state index contributed by atoms with van der Waals surface area (Å²) in [4.78, 5) is 36.6.